The van der Waals surface area contributed by atoms with Crippen molar-refractivity contribution in [2.75, 3.05) is 24.7 Å². The predicted octanol–water partition coefficient (Wildman–Crippen LogP) is 4.40. The van der Waals surface area contributed by atoms with Crippen LogP contribution in [-0.4, -0.2) is 45.7 Å². The molecule has 190 valence electrons. The van der Waals surface area contributed by atoms with E-state index in [2.05, 4.69) is 5.32 Å². The van der Waals surface area contributed by atoms with Gasteiger partial charge in [-0.05, 0) is 42.7 Å². The van der Waals surface area contributed by atoms with E-state index in [1.165, 1.54) is 23.1 Å². The van der Waals surface area contributed by atoms with Gasteiger partial charge in [-0.25, -0.2) is 4.98 Å². The van der Waals surface area contributed by atoms with Gasteiger partial charge in [0.1, 0.15) is 10.6 Å². The summed E-state index contributed by atoms with van der Waals surface area (Å²) in [6, 6.07) is 14.8. The average molecular weight is 535 g/mol. The van der Waals surface area contributed by atoms with E-state index in [9.17, 15) is 14.4 Å². The second-order valence-electron chi connectivity index (χ2n) is 8.73. The summed E-state index contributed by atoms with van der Waals surface area (Å²) < 4.78 is 6.94. The van der Waals surface area contributed by atoms with Crippen LogP contribution in [0.3, 0.4) is 0 Å². The number of thioether (sulfide) groups is 1. The third kappa shape index (κ3) is 4.86. The first kappa shape index (κ1) is 25.0. The average Bonchev–Trinajstić information content (AvgIpc) is 3.26. The number of amides is 2. The second-order valence-corrected chi connectivity index (χ2v) is 10.8. The number of carbonyl (C=O) groups is 2. The second kappa shape index (κ2) is 10.4. The van der Waals surface area contributed by atoms with Gasteiger partial charge in [0, 0.05) is 18.3 Å². The topological polar surface area (TPSA) is 93.5 Å². The molecule has 2 amide bonds. The molecule has 0 atom stereocenters. The summed E-state index contributed by atoms with van der Waals surface area (Å²) in [6.45, 7) is 4.58. The molecule has 0 aliphatic carbocycles. The maximum absolute atomic E-state index is 14.0. The summed E-state index contributed by atoms with van der Waals surface area (Å²) in [4.78, 5) is 47.1. The van der Waals surface area contributed by atoms with Crippen molar-refractivity contribution >= 4 is 50.8 Å². The standard InChI is InChI=1S/C27H26N4O4S2/c1-16-8-4-6-10-20(16)31-26(34)24-18-12-13-30(17(2)32)14-22(18)37-25(24)29-27(31)36-15-23(33)28-19-9-5-7-11-21(19)35-3/h4-11H,12-15H2,1-3H3,(H,28,33). The molecule has 0 bridgehead atoms. The molecule has 5 rings (SSSR count). The van der Waals surface area contributed by atoms with Crippen molar-refractivity contribution in [2.24, 2.45) is 0 Å². The summed E-state index contributed by atoms with van der Waals surface area (Å²) in [5.41, 5.74) is 3.06. The Kier molecular flexibility index (Phi) is 7.03. The zero-order valence-electron chi connectivity index (χ0n) is 20.7. The number of thiophene rings is 1. The van der Waals surface area contributed by atoms with E-state index < -0.39 is 0 Å². The number of fused-ring (bicyclic) bond motifs is 3. The fourth-order valence-corrected chi connectivity index (χ4v) is 6.56. The van der Waals surface area contributed by atoms with E-state index in [1.54, 1.807) is 35.6 Å². The molecule has 0 unspecified atom stereocenters. The van der Waals surface area contributed by atoms with E-state index >= 15 is 0 Å². The van der Waals surface area contributed by atoms with Gasteiger partial charge >= 0.3 is 0 Å². The van der Waals surface area contributed by atoms with Gasteiger partial charge in [0.25, 0.3) is 5.56 Å². The fraction of sp³-hybridized carbons (Fsp3) is 0.259. The normalized spacial score (nSPS) is 12.9. The highest BCUT2D eigenvalue weighted by atomic mass is 32.2. The summed E-state index contributed by atoms with van der Waals surface area (Å²) >= 11 is 2.66. The number of ether oxygens (including phenoxy) is 1. The highest BCUT2D eigenvalue weighted by molar-refractivity contribution is 7.99. The maximum Gasteiger partial charge on any atom is 0.267 e. The van der Waals surface area contributed by atoms with Crippen molar-refractivity contribution in [2.45, 2.75) is 32.0 Å². The lowest BCUT2D eigenvalue weighted by Gasteiger charge is -2.25. The van der Waals surface area contributed by atoms with E-state index in [-0.39, 0.29) is 23.1 Å². The van der Waals surface area contributed by atoms with Crippen LogP contribution in [0.1, 0.15) is 22.9 Å². The molecule has 0 spiro atoms. The van der Waals surface area contributed by atoms with Gasteiger partial charge in [0.2, 0.25) is 11.8 Å². The zero-order chi connectivity index (χ0) is 26.1. The Morgan fingerprint density at radius 3 is 2.68 bits per heavy atom. The number of aryl methyl sites for hydroxylation is 1. The number of aromatic nitrogens is 2. The predicted molar refractivity (Wildman–Crippen MR) is 147 cm³/mol. The number of anilines is 1. The van der Waals surface area contributed by atoms with Crippen LogP contribution < -0.4 is 15.6 Å². The lowest BCUT2D eigenvalue weighted by molar-refractivity contribution is -0.129. The number of nitrogens with zero attached hydrogens (tertiary/aromatic N) is 3. The molecule has 1 N–H and O–H groups in total. The molecule has 2 aromatic carbocycles. The summed E-state index contributed by atoms with van der Waals surface area (Å²) in [5.74, 6) is 0.417. The Hall–Kier alpha value is -3.63. The highest BCUT2D eigenvalue weighted by Gasteiger charge is 2.27. The molecule has 4 aromatic rings. The third-order valence-electron chi connectivity index (χ3n) is 6.36. The maximum atomic E-state index is 14.0. The van der Waals surface area contributed by atoms with Gasteiger partial charge in [0.15, 0.2) is 5.16 Å². The number of carbonyl (C=O) groups excluding carboxylic acids is 2. The number of hydrogen-bond acceptors (Lipinski definition) is 7. The summed E-state index contributed by atoms with van der Waals surface area (Å²) in [5, 5.41) is 3.93. The molecule has 0 saturated carbocycles. The number of para-hydroxylation sites is 3. The SMILES string of the molecule is COc1ccccc1NC(=O)CSc1nc2sc3c(c2c(=O)n1-c1ccccc1C)CCN(C(C)=O)C3. The van der Waals surface area contributed by atoms with E-state index in [4.69, 9.17) is 9.72 Å². The molecule has 8 nitrogen and oxygen atoms in total. The molecule has 10 heteroatoms. The largest absolute Gasteiger partial charge is 0.495 e. The Labute approximate surface area is 222 Å². The molecule has 0 saturated heterocycles. The third-order valence-corrected chi connectivity index (χ3v) is 8.41. The van der Waals surface area contributed by atoms with Crippen molar-refractivity contribution < 1.29 is 14.3 Å². The van der Waals surface area contributed by atoms with Crippen LogP contribution in [0.5, 0.6) is 5.75 Å². The van der Waals surface area contributed by atoms with Gasteiger partial charge in [-0.3, -0.25) is 19.0 Å². The van der Waals surface area contributed by atoms with E-state index in [0.717, 1.165) is 21.7 Å². The lowest BCUT2D eigenvalue weighted by Crippen LogP contribution is -2.34. The number of rotatable bonds is 6. The number of benzene rings is 2. The van der Waals surface area contributed by atoms with Crippen molar-refractivity contribution in [3.63, 3.8) is 0 Å². The van der Waals surface area contributed by atoms with E-state index in [0.29, 0.717) is 46.3 Å². The molecule has 37 heavy (non-hydrogen) atoms. The molecule has 1 aliphatic rings. The van der Waals surface area contributed by atoms with E-state index in [1.807, 2.05) is 43.3 Å². The quantitative estimate of drug-likeness (QED) is 0.291. The van der Waals surface area contributed by atoms with Crippen LogP contribution in [0.15, 0.2) is 58.5 Å². The molecule has 0 radical (unpaired) electrons. The first-order valence-corrected chi connectivity index (χ1v) is 13.6. The first-order chi connectivity index (χ1) is 17.9. The van der Waals surface area contributed by atoms with Crippen LogP contribution in [0, 0.1) is 6.92 Å². The van der Waals surface area contributed by atoms with Crippen LogP contribution >= 0.6 is 23.1 Å². The monoisotopic (exact) mass is 534 g/mol. The molecule has 0 fully saturated rings. The molecule has 3 heterocycles. The Morgan fingerprint density at radius 1 is 1.16 bits per heavy atom. The Balaban J connectivity index is 1.54. The van der Waals surface area contributed by atoms with Gasteiger partial charge in [0.05, 0.1) is 36.2 Å². The first-order valence-electron chi connectivity index (χ1n) is 11.8. The number of methoxy groups -OCH3 is 1. The summed E-state index contributed by atoms with van der Waals surface area (Å²) in [6.07, 6.45) is 0.618. The minimum atomic E-state index is -0.234. The molecular formula is C27H26N4O4S2. The summed E-state index contributed by atoms with van der Waals surface area (Å²) in [7, 11) is 1.55. The van der Waals surface area contributed by atoms with Crippen molar-refractivity contribution in [1.82, 2.24) is 14.5 Å². The van der Waals surface area contributed by atoms with Crippen molar-refractivity contribution in [3.05, 3.63) is 74.9 Å². The van der Waals surface area contributed by atoms with Crippen LogP contribution in [0.2, 0.25) is 0 Å². The van der Waals surface area contributed by atoms with Gasteiger partial charge in [-0.2, -0.15) is 0 Å². The molecule has 1 aliphatic heterocycles. The van der Waals surface area contributed by atoms with Crippen molar-refractivity contribution in [3.8, 4) is 11.4 Å². The Morgan fingerprint density at radius 2 is 1.92 bits per heavy atom. The van der Waals surface area contributed by atoms with Crippen LogP contribution in [0.4, 0.5) is 5.69 Å². The van der Waals surface area contributed by atoms with Gasteiger partial charge in [-0.1, -0.05) is 42.1 Å². The lowest BCUT2D eigenvalue weighted by atomic mass is 10.1. The molecular weight excluding hydrogens is 508 g/mol. The van der Waals surface area contributed by atoms with Crippen LogP contribution in [-0.2, 0) is 22.6 Å². The highest BCUT2D eigenvalue weighted by Crippen LogP contribution is 2.34. The number of nitrogens with one attached hydrogen (secondary N) is 1. The minimum Gasteiger partial charge on any atom is -0.495 e. The smallest absolute Gasteiger partial charge is 0.267 e. The van der Waals surface area contributed by atoms with Gasteiger partial charge in [-0.15, -0.1) is 11.3 Å². The molecule has 2 aromatic heterocycles. The number of hydrogen-bond donors (Lipinski definition) is 1. The van der Waals surface area contributed by atoms with Crippen molar-refractivity contribution in [1.29, 1.82) is 0 Å². The minimum absolute atomic E-state index is 0.0192. The van der Waals surface area contributed by atoms with Gasteiger partial charge < -0.3 is 15.0 Å². The van der Waals surface area contributed by atoms with Crippen LogP contribution in [0.25, 0.3) is 15.9 Å². The fourth-order valence-electron chi connectivity index (χ4n) is 4.48. The zero-order valence-corrected chi connectivity index (χ0v) is 22.4. The Bertz CT molecular complexity index is 1580.